The van der Waals surface area contributed by atoms with Crippen LogP contribution in [-0.2, 0) is 6.42 Å². The monoisotopic (exact) mass is 218 g/mol. The van der Waals surface area contributed by atoms with Crippen molar-refractivity contribution < 1.29 is 0 Å². The molecule has 2 nitrogen and oxygen atoms in total. The first-order valence-electron chi connectivity index (χ1n) is 6.55. The molecule has 0 bridgehead atoms. The van der Waals surface area contributed by atoms with Crippen molar-refractivity contribution in [3.63, 3.8) is 0 Å². The van der Waals surface area contributed by atoms with Crippen molar-refractivity contribution in [3.8, 4) is 0 Å². The van der Waals surface area contributed by atoms with Crippen molar-refractivity contribution in [1.29, 1.82) is 0 Å². The van der Waals surface area contributed by atoms with Gasteiger partial charge in [0.25, 0.3) is 0 Å². The number of pyridine rings is 1. The van der Waals surface area contributed by atoms with Gasteiger partial charge in [0.15, 0.2) is 0 Å². The average molecular weight is 218 g/mol. The second kappa shape index (κ2) is 6.00. The fourth-order valence-electron chi connectivity index (χ4n) is 2.61. The van der Waals surface area contributed by atoms with Gasteiger partial charge in [-0.2, -0.15) is 0 Å². The second-order valence-electron chi connectivity index (χ2n) is 4.81. The van der Waals surface area contributed by atoms with Crippen molar-refractivity contribution >= 4 is 0 Å². The Morgan fingerprint density at radius 2 is 2.06 bits per heavy atom. The molecule has 0 unspecified atom stereocenters. The van der Waals surface area contributed by atoms with Crippen LogP contribution in [0.3, 0.4) is 0 Å². The van der Waals surface area contributed by atoms with Crippen LogP contribution in [0.15, 0.2) is 18.3 Å². The number of hydrogen-bond acceptors (Lipinski definition) is 2. The van der Waals surface area contributed by atoms with Crippen molar-refractivity contribution in [1.82, 2.24) is 4.98 Å². The van der Waals surface area contributed by atoms with E-state index in [0.29, 0.717) is 0 Å². The molecule has 1 aliphatic rings. The van der Waals surface area contributed by atoms with Gasteiger partial charge in [0, 0.05) is 11.9 Å². The Kier molecular flexibility index (Phi) is 4.34. The lowest BCUT2D eigenvalue weighted by Gasteiger charge is -2.22. The van der Waals surface area contributed by atoms with E-state index in [1.165, 1.54) is 43.4 Å². The Balaban J connectivity index is 2.02. The van der Waals surface area contributed by atoms with Gasteiger partial charge in [0.2, 0.25) is 0 Å². The molecule has 88 valence electrons. The average Bonchev–Trinajstić information content (AvgIpc) is 2.38. The molecule has 2 heteroatoms. The Labute approximate surface area is 98.3 Å². The van der Waals surface area contributed by atoms with E-state index in [1.54, 1.807) is 0 Å². The zero-order valence-corrected chi connectivity index (χ0v) is 9.99. The predicted octanol–water partition coefficient (Wildman–Crippen LogP) is 3.02. The van der Waals surface area contributed by atoms with Gasteiger partial charge >= 0.3 is 0 Å². The minimum Gasteiger partial charge on any atom is -0.330 e. The first kappa shape index (κ1) is 11.6. The van der Waals surface area contributed by atoms with E-state index >= 15 is 0 Å². The van der Waals surface area contributed by atoms with Gasteiger partial charge in [-0.25, -0.2) is 0 Å². The zero-order chi connectivity index (χ0) is 11.2. The maximum absolute atomic E-state index is 5.53. The highest BCUT2D eigenvalue weighted by atomic mass is 14.7. The Morgan fingerprint density at radius 1 is 1.25 bits per heavy atom. The van der Waals surface area contributed by atoms with Crippen LogP contribution >= 0.6 is 0 Å². The highest BCUT2D eigenvalue weighted by molar-refractivity contribution is 5.21. The molecule has 2 rings (SSSR count). The van der Waals surface area contributed by atoms with E-state index in [1.807, 2.05) is 6.20 Å². The van der Waals surface area contributed by atoms with Crippen LogP contribution in [0.1, 0.15) is 55.7 Å². The lowest BCUT2D eigenvalue weighted by Crippen LogP contribution is -2.06. The summed E-state index contributed by atoms with van der Waals surface area (Å²) in [5.74, 6) is 0.786. The molecule has 1 aromatic heterocycles. The molecular weight excluding hydrogens is 196 g/mol. The van der Waals surface area contributed by atoms with Crippen molar-refractivity contribution in [3.05, 3.63) is 29.6 Å². The zero-order valence-electron chi connectivity index (χ0n) is 9.99. The molecule has 16 heavy (non-hydrogen) atoms. The third-order valence-electron chi connectivity index (χ3n) is 3.55. The SMILES string of the molecule is NCCCc1cc(C2CCCCC2)ccn1. The van der Waals surface area contributed by atoms with Crippen LogP contribution in [0.25, 0.3) is 0 Å². The third kappa shape index (κ3) is 3.05. The Bertz CT molecular complexity index is 316. The number of nitrogens with zero attached hydrogens (tertiary/aromatic N) is 1. The lowest BCUT2D eigenvalue weighted by molar-refractivity contribution is 0.443. The van der Waals surface area contributed by atoms with Crippen LogP contribution in [-0.4, -0.2) is 11.5 Å². The summed E-state index contributed by atoms with van der Waals surface area (Å²) in [5, 5.41) is 0. The molecule has 2 N–H and O–H groups in total. The topological polar surface area (TPSA) is 38.9 Å². The van der Waals surface area contributed by atoms with Gasteiger partial charge in [-0.05, 0) is 55.8 Å². The standard InChI is InChI=1S/C14H22N2/c15-9-4-7-14-11-13(8-10-16-14)12-5-2-1-3-6-12/h8,10-12H,1-7,9,15H2. The third-order valence-corrected chi connectivity index (χ3v) is 3.55. The molecule has 1 aliphatic carbocycles. The number of rotatable bonds is 4. The van der Waals surface area contributed by atoms with Crippen LogP contribution < -0.4 is 5.73 Å². The first-order chi connectivity index (χ1) is 7.90. The maximum atomic E-state index is 5.53. The Morgan fingerprint density at radius 3 is 2.81 bits per heavy atom. The molecule has 0 amide bonds. The summed E-state index contributed by atoms with van der Waals surface area (Å²) >= 11 is 0. The number of aryl methyl sites for hydroxylation is 1. The minimum absolute atomic E-state index is 0.759. The van der Waals surface area contributed by atoms with Gasteiger partial charge in [-0.15, -0.1) is 0 Å². The summed E-state index contributed by atoms with van der Waals surface area (Å²) in [6.45, 7) is 0.759. The molecule has 0 radical (unpaired) electrons. The van der Waals surface area contributed by atoms with Crippen LogP contribution in [0, 0.1) is 0 Å². The molecule has 0 aromatic carbocycles. The summed E-state index contributed by atoms with van der Waals surface area (Å²) in [6, 6.07) is 4.49. The van der Waals surface area contributed by atoms with E-state index in [0.717, 1.165) is 25.3 Å². The number of nitrogens with two attached hydrogens (primary N) is 1. The normalized spacial score (nSPS) is 17.6. The van der Waals surface area contributed by atoms with Crippen LogP contribution in [0.2, 0.25) is 0 Å². The molecule has 0 saturated heterocycles. The first-order valence-corrected chi connectivity index (χ1v) is 6.55. The number of aromatic nitrogens is 1. The van der Waals surface area contributed by atoms with E-state index < -0.39 is 0 Å². The lowest BCUT2D eigenvalue weighted by atomic mass is 9.84. The highest BCUT2D eigenvalue weighted by Crippen LogP contribution is 2.32. The molecule has 1 fully saturated rings. The molecule has 1 saturated carbocycles. The highest BCUT2D eigenvalue weighted by Gasteiger charge is 2.15. The van der Waals surface area contributed by atoms with Gasteiger partial charge in [-0.1, -0.05) is 19.3 Å². The summed E-state index contributed by atoms with van der Waals surface area (Å²) in [6.07, 6.45) is 11.0. The molecule has 0 aliphatic heterocycles. The number of hydrogen-bond donors (Lipinski definition) is 1. The molecule has 0 spiro atoms. The molecular formula is C14H22N2. The second-order valence-corrected chi connectivity index (χ2v) is 4.81. The van der Waals surface area contributed by atoms with E-state index in [9.17, 15) is 0 Å². The van der Waals surface area contributed by atoms with Crippen LogP contribution in [0.4, 0.5) is 0 Å². The van der Waals surface area contributed by atoms with E-state index in [4.69, 9.17) is 5.73 Å². The van der Waals surface area contributed by atoms with Crippen molar-refractivity contribution in [2.24, 2.45) is 5.73 Å². The molecule has 0 atom stereocenters. The summed E-state index contributed by atoms with van der Waals surface area (Å²) in [4.78, 5) is 4.42. The Hall–Kier alpha value is -0.890. The van der Waals surface area contributed by atoms with E-state index in [2.05, 4.69) is 17.1 Å². The molecule has 1 heterocycles. The fourth-order valence-corrected chi connectivity index (χ4v) is 2.61. The quantitative estimate of drug-likeness (QED) is 0.843. The van der Waals surface area contributed by atoms with Crippen molar-refractivity contribution in [2.45, 2.75) is 50.9 Å². The predicted molar refractivity (Wildman–Crippen MR) is 67.4 cm³/mol. The minimum atomic E-state index is 0.759. The van der Waals surface area contributed by atoms with Gasteiger partial charge in [0.1, 0.15) is 0 Å². The van der Waals surface area contributed by atoms with Crippen LogP contribution in [0.5, 0.6) is 0 Å². The largest absolute Gasteiger partial charge is 0.330 e. The van der Waals surface area contributed by atoms with Gasteiger partial charge in [-0.3, -0.25) is 4.98 Å². The smallest absolute Gasteiger partial charge is 0.0406 e. The van der Waals surface area contributed by atoms with Gasteiger partial charge < -0.3 is 5.73 Å². The van der Waals surface area contributed by atoms with Crippen molar-refractivity contribution in [2.75, 3.05) is 6.54 Å². The van der Waals surface area contributed by atoms with Gasteiger partial charge in [0.05, 0.1) is 0 Å². The fraction of sp³-hybridized carbons (Fsp3) is 0.643. The maximum Gasteiger partial charge on any atom is 0.0406 e. The molecule has 1 aromatic rings. The summed E-state index contributed by atoms with van der Waals surface area (Å²) in [7, 11) is 0. The summed E-state index contributed by atoms with van der Waals surface area (Å²) in [5.41, 5.74) is 8.25. The van der Waals surface area contributed by atoms with E-state index in [-0.39, 0.29) is 0 Å². The summed E-state index contributed by atoms with van der Waals surface area (Å²) < 4.78 is 0.